The molecule has 0 atom stereocenters. The maximum absolute atomic E-state index is 8.70. The molecule has 0 spiro atoms. The van der Waals surface area contributed by atoms with Crippen molar-refractivity contribution in [1.29, 1.82) is 5.26 Å². The van der Waals surface area contributed by atoms with E-state index in [1.807, 2.05) is 12.3 Å². The number of nitriles is 1. The maximum atomic E-state index is 8.70. The minimum atomic E-state index is 0.682. The molecule has 1 rings (SSSR count). The number of thioether (sulfide) groups is 1. The number of hydrogen-bond acceptors (Lipinski definition) is 4. The highest BCUT2D eigenvalue weighted by Gasteiger charge is 2.00. The number of nitrogens with two attached hydrogens (primary N) is 1. The molecule has 3 N–H and O–H groups in total. The summed E-state index contributed by atoms with van der Waals surface area (Å²) in [6.45, 7) is 0. The van der Waals surface area contributed by atoms with E-state index in [1.165, 1.54) is 11.8 Å². The summed E-state index contributed by atoms with van der Waals surface area (Å²) in [5.74, 6) is 5.22. The molecule has 1 aromatic carbocycles. The molecular formula is C8H9N3S. The van der Waals surface area contributed by atoms with Crippen LogP contribution in [0, 0.1) is 11.3 Å². The van der Waals surface area contributed by atoms with Crippen molar-refractivity contribution in [2.24, 2.45) is 5.84 Å². The third-order valence-electron chi connectivity index (χ3n) is 1.49. The van der Waals surface area contributed by atoms with Crippen molar-refractivity contribution in [3.63, 3.8) is 0 Å². The average molecular weight is 179 g/mol. The van der Waals surface area contributed by atoms with Gasteiger partial charge < -0.3 is 5.43 Å². The fourth-order valence-corrected chi connectivity index (χ4v) is 1.45. The van der Waals surface area contributed by atoms with Crippen LogP contribution in [0.2, 0.25) is 0 Å². The third-order valence-corrected chi connectivity index (χ3v) is 2.27. The first kappa shape index (κ1) is 8.91. The van der Waals surface area contributed by atoms with E-state index in [0.29, 0.717) is 5.56 Å². The summed E-state index contributed by atoms with van der Waals surface area (Å²) in [5.41, 5.74) is 4.03. The van der Waals surface area contributed by atoms with Crippen LogP contribution in [0.5, 0.6) is 0 Å². The van der Waals surface area contributed by atoms with Crippen LogP contribution in [0.25, 0.3) is 0 Å². The van der Waals surface area contributed by atoms with Crippen molar-refractivity contribution in [3.05, 3.63) is 23.8 Å². The van der Waals surface area contributed by atoms with Crippen LogP contribution < -0.4 is 11.3 Å². The number of anilines is 1. The monoisotopic (exact) mass is 179 g/mol. The van der Waals surface area contributed by atoms with Crippen molar-refractivity contribution >= 4 is 17.4 Å². The molecule has 0 heterocycles. The van der Waals surface area contributed by atoms with Gasteiger partial charge in [-0.15, -0.1) is 11.8 Å². The Morgan fingerprint density at radius 1 is 1.58 bits per heavy atom. The quantitative estimate of drug-likeness (QED) is 0.411. The summed E-state index contributed by atoms with van der Waals surface area (Å²) in [7, 11) is 0. The number of nitrogen functional groups attached to an aromatic ring is 1. The van der Waals surface area contributed by atoms with E-state index >= 15 is 0 Å². The van der Waals surface area contributed by atoms with Crippen LogP contribution >= 0.6 is 11.8 Å². The van der Waals surface area contributed by atoms with Gasteiger partial charge in [-0.2, -0.15) is 5.26 Å². The number of benzene rings is 1. The number of nitrogens with one attached hydrogen (secondary N) is 1. The molecule has 1 aromatic rings. The molecule has 0 bridgehead atoms. The Bertz CT molecular complexity index is 317. The van der Waals surface area contributed by atoms with E-state index in [-0.39, 0.29) is 0 Å². The zero-order chi connectivity index (χ0) is 8.97. The van der Waals surface area contributed by atoms with E-state index in [4.69, 9.17) is 11.1 Å². The van der Waals surface area contributed by atoms with Gasteiger partial charge >= 0.3 is 0 Å². The second-order valence-corrected chi connectivity index (χ2v) is 3.02. The molecule has 0 radical (unpaired) electrons. The molecule has 0 unspecified atom stereocenters. The van der Waals surface area contributed by atoms with Crippen LogP contribution in [-0.4, -0.2) is 6.26 Å². The van der Waals surface area contributed by atoms with E-state index in [9.17, 15) is 0 Å². The Kier molecular flexibility index (Phi) is 2.97. The predicted octanol–water partition coefficient (Wildman–Crippen LogP) is 1.57. The molecule has 0 saturated carbocycles. The summed E-state index contributed by atoms with van der Waals surface area (Å²) in [6.07, 6.45) is 1.93. The first-order valence-electron chi connectivity index (χ1n) is 3.36. The van der Waals surface area contributed by atoms with Gasteiger partial charge in [0.05, 0.1) is 5.56 Å². The molecule has 0 aliphatic carbocycles. The van der Waals surface area contributed by atoms with Crippen molar-refractivity contribution in [2.45, 2.75) is 4.90 Å². The zero-order valence-electron chi connectivity index (χ0n) is 6.66. The Hall–Kier alpha value is -1.18. The second-order valence-electron chi connectivity index (χ2n) is 2.17. The standard InChI is InChI=1S/C8H9N3S/c1-12-8-4-7(11-10)3-2-6(8)5-9/h2-4,11H,10H2,1H3. The van der Waals surface area contributed by atoms with Crippen LogP contribution in [0.1, 0.15) is 5.56 Å². The van der Waals surface area contributed by atoms with Gasteiger partial charge in [0.2, 0.25) is 0 Å². The second kappa shape index (κ2) is 4.00. The highest BCUT2D eigenvalue weighted by atomic mass is 32.2. The normalized spacial score (nSPS) is 9.08. The molecule has 0 fully saturated rings. The summed E-state index contributed by atoms with van der Waals surface area (Å²) >= 11 is 1.53. The van der Waals surface area contributed by atoms with Crippen molar-refractivity contribution in [3.8, 4) is 6.07 Å². The van der Waals surface area contributed by atoms with Gasteiger partial charge in [0, 0.05) is 10.6 Å². The third kappa shape index (κ3) is 1.70. The molecule has 4 heteroatoms. The summed E-state index contributed by atoms with van der Waals surface area (Å²) in [4.78, 5) is 0.938. The zero-order valence-corrected chi connectivity index (χ0v) is 7.48. The highest BCUT2D eigenvalue weighted by Crippen LogP contribution is 2.22. The summed E-state index contributed by atoms with van der Waals surface area (Å²) in [5, 5.41) is 8.70. The lowest BCUT2D eigenvalue weighted by atomic mass is 10.2. The predicted molar refractivity (Wildman–Crippen MR) is 50.7 cm³/mol. The molecule has 12 heavy (non-hydrogen) atoms. The van der Waals surface area contributed by atoms with Crippen LogP contribution in [-0.2, 0) is 0 Å². The lowest BCUT2D eigenvalue weighted by Gasteiger charge is -2.03. The molecule has 3 nitrogen and oxygen atoms in total. The number of rotatable bonds is 2. The van der Waals surface area contributed by atoms with Gasteiger partial charge in [-0.05, 0) is 24.5 Å². The molecule has 0 saturated heterocycles. The molecule has 62 valence electrons. The van der Waals surface area contributed by atoms with E-state index in [1.54, 1.807) is 12.1 Å². The molecule has 0 aromatic heterocycles. The van der Waals surface area contributed by atoms with E-state index < -0.39 is 0 Å². The largest absolute Gasteiger partial charge is 0.324 e. The van der Waals surface area contributed by atoms with Crippen molar-refractivity contribution in [1.82, 2.24) is 0 Å². The lowest BCUT2D eigenvalue weighted by molar-refractivity contribution is 1.30. The van der Waals surface area contributed by atoms with Crippen LogP contribution in [0.4, 0.5) is 5.69 Å². The fraction of sp³-hybridized carbons (Fsp3) is 0.125. The topological polar surface area (TPSA) is 61.8 Å². The first-order valence-corrected chi connectivity index (χ1v) is 4.59. The SMILES string of the molecule is CSc1cc(NN)ccc1C#N. The minimum absolute atomic E-state index is 0.682. The number of hydrazine groups is 1. The summed E-state index contributed by atoms with van der Waals surface area (Å²) in [6, 6.07) is 7.49. The van der Waals surface area contributed by atoms with E-state index in [2.05, 4.69) is 11.5 Å². The van der Waals surface area contributed by atoms with Crippen molar-refractivity contribution < 1.29 is 0 Å². The van der Waals surface area contributed by atoms with Gasteiger partial charge in [0.25, 0.3) is 0 Å². The Morgan fingerprint density at radius 3 is 2.83 bits per heavy atom. The van der Waals surface area contributed by atoms with Crippen LogP contribution in [0.3, 0.4) is 0 Å². The smallest absolute Gasteiger partial charge is 0.100 e. The average Bonchev–Trinajstić information content (AvgIpc) is 2.16. The lowest BCUT2D eigenvalue weighted by Crippen LogP contribution is -2.06. The fourth-order valence-electron chi connectivity index (χ4n) is 0.873. The molecule has 0 amide bonds. The molecular weight excluding hydrogens is 170 g/mol. The minimum Gasteiger partial charge on any atom is -0.324 e. The highest BCUT2D eigenvalue weighted by molar-refractivity contribution is 7.98. The Balaban J connectivity index is 3.13. The van der Waals surface area contributed by atoms with Gasteiger partial charge in [0.1, 0.15) is 6.07 Å². The van der Waals surface area contributed by atoms with Crippen molar-refractivity contribution in [2.75, 3.05) is 11.7 Å². The van der Waals surface area contributed by atoms with Gasteiger partial charge in [-0.25, -0.2) is 0 Å². The van der Waals surface area contributed by atoms with E-state index in [0.717, 1.165) is 10.6 Å². The Labute approximate surface area is 75.5 Å². The maximum Gasteiger partial charge on any atom is 0.100 e. The Morgan fingerprint density at radius 2 is 2.33 bits per heavy atom. The van der Waals surface area contributed by atoms with Gasteiger partial charge in [0.15, 0.2) is 0 Å². The molecule has 0 aliphatic rings. The first-order chi connectivity index (χ1) is 5.81. The number of hydrogen-bond donors (Lipinski definition) is 2. The molecule has 0 aliphatic heterocycles. The van der Waals surface area contributed by atoms with Gasteiger partial charge in [-0.3, -0.25) is 5.84 Å². The number of nitrogens with zero attached hydrogens (tertiary/aromatic N) is 1. The van der Waals surface area contributed by atoms with Gasteiger partial charge in [-0.1, -0.05) is 0 Å². The van der Waals surface area contributed by atoms with Crippen LogP contribution in [0.15, 0.2) is 23.1 Å². The summed E-state index contributed by atoms with van der Waals surface area (Å²) < 4.78 is 0.